The van der Waals surface area contributed by atoms with Crippen LogP contribution >= 0.6 is 0 Å². The Morgan fingerprint density at radius 3 is 2.89 bits per heavy atom. The number of fused-ring (bicyclic) bond motifs is 1. The summed E-state index contributed by atoms with van der Waals surface area (Å²) in [5.74, 6) is 1.01. The number of anilines is 1. The minimum absolute atomic E-state index is 0.0282. The molecule has 0 spiro atoms. The van der Waals surface area contributed by atoms with Crippen molar-refractivity contribution in [2.45, 2.75) is 39.5 Å². The van der Waals surface area contributed by atoms with Crippen LogP contribution in [0.15, 0.2) is 22.6 Å². The third-order valence-electron chi connectivity index (χ3n) is 2.66. The molecule has 1 aromatic heterocycles. The van der Waals surface area contributed by atoms with Gasteiger partial charge in [0.1, 0.15) is 5.52 Å². The Labute approximate surface area is 106 Å². The van der Waals surface area contributed by atoms with Crippen LogP contribution in [0.25, 0.3) is 11.1 Å². The summed E-state index contributed by atoms with van der Waals surface area (Å²) in [4.78, 5) is 15.9. The molecule has 0 radical (unpaired) electrons. The number of carbonyl (C=O) groups excluding carboxylic acids is 1. The molecule has 1 heterocycles. The van der Waals surface area contributed by atoms with E-state index >= 15 is 0 Å². The molecule has 1 N–H and O–H groups in total. The first kappa shape index (κ1) is 12.6. The summed E-state index contributed by atoms with van der Waals surface area (Å²) in [6.45, 7) is 6.05. The molecular formula is C14H18N2O2. The predicted molar refractivity (Wildman–Crippen MR) is 71.6 cm³/mol. The van der Waals surface area contributed by atoms with Crippen molar-refractivity contribution in [1.29, 1.82) is 0 Å². The lowest BCUT2D eigenvalue weighted by atomic mass is 10.2. The monoisotopic (exact) mass is 246 g/mol. The fourth-order valence-electron chi connectivity index (χ4n) is 1.72. The van der Waals surface area contributed by atoms with Crippen LogP contribution in [0.2, 0.25) is 0 Å². The van der Waals surface area contributed by atoms with Gasteiger partial charge in [-0.05, 0) is 18.6 Å². The molecule has 2 aromatic rings. The number of nitrogens with one attached hydrogen (secondary N) is 1. The molecule has 96 valence electrons. The van der Waals surface area contributed by atoms with E-state index < -0.39 is 0 Å². The van der Waals surface area contributed by atoms with E-state index in [1.165, 1.54) is 0 Å². The number of oxazole rings is 1. The normalized spacial score (nSPS) is 11.1. The largest absolute Gasteiger partial charge is 0.440 e. The number of rotatable bonds is 4. The third kappa shape index (κ3) is 2.70. The molecule has 0 unspecified atom stereocenters. The predicted octanol–water partition coefficient (Wildman–Crippen LogP) is 3.69. The quantitative estimate of drug-likeness (QED) is 0.895. The number of amides is 1. The van der Waals surface area contributed by atoms with Crippen LogP contribution in [0, 0.1) is 0 Å². The fourth-order valence-corrected chi connectivity index (χ4v) is 1.72. The van der Waals surface area contributed by atoms with Gasteiger partial charge in [-0.1, -0.05) is 20.8 Å². The lowest BCUT2D eigenvalue weighted by Crippen LogP contribution is -2.10. The molecule has 1 aromatic carbocycles. The number of aromatic nitrogens is 1. The van der Waals surface area contributed by atoms with E-state index in [4.69, 9.17) is 4.42 Å². The molecule has 0 aliphatic heterocycles. The van der Waals surface area contributed by atoms with Gasteiger partial charge in [-0.3, -0.25) is 4.79 Å². The minimum Gasteiger partial charge on any atom is -0.440 e. The van der Waals surface area contributed by atoms with Crippen molar-refractivity contribution >= 4 is 22.7 Å². The summed E-state index contributed by atoms with van der Waals surface area (Å²) >= 11 is 0. The van der Waals surface area contributed by atoms with Crippen LogP contribution < -0.4 is 5.32 Å². The topological polar surface area (TPSA) is 55.1 Å². The van der Waals surface area contributed by atoms with Crippen LogP contribution in [0.5, 0.6) is 0 Å². The van der Waals surface area contributed by atoms with Gasteiger partial charge in [-0.25, -0.2) is 4.98 Å². The van der Waals surface area contributed by atoms with Gasteiger partial charge in [0.05, 0.1) is 0 Å². The lowest BCUT2D eigenvalue weighted by Gasteiger charge is -2.02. The summed E-state index contributed by atoms with van der Waals surface area (Å²) in [6, 6.07) is 5.54. The van der Waals surface area contributed by atoms with Crippen molar-refractivity contribution < 1.29 is 9.21 Å². The van der Waals surface area contributed by atoms with Crippen molar-refractivity contribution in [3.8, 4) is 0 Å². The third-order valence-corrected chi connectivity index (χ3v) is 2.66. The van der Waals surface area contributed by atoms with Crippen LogP contribution in [0.3, 0.4) is 0 Å². The maximum Gasteiger partial charge on any atom is 0.224 e. The molecule has 4 heteroatoms. The lowest BCUT2D eigenvalue weighted by molar-refractivity contribution is -0.116. The van der Waals surface area contributed by atoms with Crippen LogP contribution in [0.1, 0.15) is 45.4 Å². The molecule has 4 nitrogen and oxygen atoms in total. The number of hydrogen-bond acceptors (Lipinski definition) is 3. The molecule has 18 heavy (non-hydrogen) atoms. The van der Waals surface area contributed by atoms with Gasteiger partial charge in [-0.15, -0.1) is 0 Å². The molecule has 1 amide bonds. The summed E-state index contributed by atoms with van der Waals surface area (Å²) in [7, 11) is 0. The van der Waals surface area contributed by atoms with Gasteiger partial charge in [0.2, 0.25) is 5.91 Å². The number of benzene rings is 1. The molecule has 0 saturated heterocycles. The Morgan fingerprint density at radius 1 is 1.44 bits per heavy atom. The van der Waals surface area contributed by atoms with Gasteiger partial charge in [0.25, 0.3) is 0 Å². The Balaban J connectivity index is 2.24. The summed E-state index contributed by atoms with van der Waals surface area (Å²) in [5.41, 5.74) is 2.30. The van der Waals surface area contributed by atoms with Crippen molar-refractivity contribution in [2.24, 2.45) is 0 Å². The first-order valence-electron chi connectivity index (χ1n) is 6.30. The minimum atomic E-state index is 0.0282. The highest BCUT2D eigenvalue weighted by molar-refractivity contribution is 5.92. The zero-order valence-corrected chi connectivity index (χ0v) is 11.0. The van der Waals surface area contributed by atoms with Gasteiger partial charge in [0, 0.05) is 24.1 Å². The van der Waals surface area contributed by atoms with Crippen LogP contribution in [0.4, 0.5) is 5.69 Å². The van der Waals surface area contributed by atoms with Gasteiger partial charge >= 0.3 is 0 Å². The molecule has 0 atom stereocenters. The summed E-state index contributed by atoms with van der Waals surface area (Å²) in [6.07, 6.45) is 1.37. The van der Waals surface area contributed by atoms with Crippen molar-refractivity contribution in [1.82, 2.24) is 4.98 Å². The van der Waals surface area contributed by atoms with Crippen LogP contribution in [-0.4, -0.2) is 10.9 Å². The molecular weight excluding hydrogens is 228 g/mol. The second-order valence-corrected chi connectivity index (χ2v) is 4.69. The number of carbonyl (C=O) groups is 1. The Bertz CT molecular complexity index is 558. The smallest absolute Gasteiger partial charge is 0.224 e. The van der Waals surface area contributed by atoms with E-state index in [9.17, 15) is 4.79 Å². The standard InChI is InChI=1S/C14H18N2O2/c1-4-5-13(17)15-10-6-7-11-12(8-10)18-14(16-11)9(2)3/h6-9H,4-5H2,1-3H3,(H,15,17). The molecule has 2 rings (SSSR count). The average Bonchev–Trinajstić information content (AvgIpc) is 2.72. The van der Waals surface area contributed by atoms with Crippen LogP contribution in [-0.2, 0) is 4.79 Å². The number of hydrogen-bond donors (Lipinski definition) is 1. The first-order valence-corrected chi connectivity index (χ1v) is 6.30. The first-order chi connectivity index (χ1) is 8.60. The van der Waals surface area contributed by atoms with Gasteiger partial charge in [0.15, 0.2) is 11.5 Å². The summed E-state index contributed by atoms with van der Waals surface area (Å²) < 4.78 is 5.65. The Kier molecular flexibility index (Phi) is 3.65. The van der Waals surface area contributed by atoms with E-state index in [0.29, 0.717) is 12.0 Å². The molecule has 0 fully saturated rings. The maximum absolute atomic E-state index is 11.5. The number of nitrogens with zero attached hydrogens (tertiary/aromatic N) is 1. The van der Waals surface area contributed by atoms with Crippen molar-refractivity contribution in [3.63, 3.8) is 0 Å². The van der Waals surface area contributed by atoms with E-state index in [-0.39, 0.29) is 11.8 Å². The van der Waals surface area contributed by atoms with E-state index in [2.05, 4.69) is 10.3 Å². The molecule has 0 aliphatic carbocycles. The zero-order valence-electron chi connectivity index (χ0n) is 11.0. The molecule has 0 saturated carbocycles. The highest BCUT2D eigenvalue weighted by Gasteiger charge is 2.10. The fraction of sp³-hybridized carbons (Fsp3) is 0.429. The van der Waals surface area contributed by atoms with Crippen molar-refractivity contribution in [3.05, 3.63) is 24.1 Å². The highest BCUT2D eigenvalue weighted by Crippen LogP contribution is 2.23. The SMILES string of the molecule is CCCC(=O)Nc1ccc2nc(C(C)C)oc2c1. The Morgan fingerprint density at radius 2 is 2.22 bits per heavy atom. The molecule has 0 bridgehead atoms. The Hall–Kier alpha value is -1.84. The zero-order chi connectivity index (χ0) is 13.1. The summed E-state index contributed by atoms with van der Waals surface area (Å²) in [5, 5.41) is 2.85. The maximum atomic E-state index is 11.5. The molecule has 0 aliphatic rings. The second-order valence-electron chi connectivity index (χ2n) is 4.69. The van der Waals surface area contributed by atoms with Crippen molar-refractivity contribution in [2.75, 3.05) is 5.32 Å². The van der Waals surface area contributed by atoms with Gasteiger partial charge < -0.3 is 9.73 Å². The van der Waals surface area contributed by atoms with E-state index in [1.54, 1.807) is 0 Å². The average molecular weight is 246 g/mol. The van der Waals surface area contributed by atoms with E-state index in [1.807, 2.05) is 39.0 Å². The second kappa shape index (κ2) is 5.21. The highest BCUT2D eigenvalue weighted by atomic mass is 16.3. The van der Waals surface area contributed by atoms with E-state index in [0.717, 1.165) is 23.5 Å². The van der Waals surface area contributed by atoms with Gasteiger partial charge in [-0.2, -0.15) is 0 Å².